The van der Waals surface area contributed by atoms with Gasteiger partial charge in [0.05, 0.1) is 30.7 Å². The highest BCUT2D eigenvalue weighted by Gasteiger charge is 2.32. The molecule has 5 rings (SSSR count). The number of nitriles is 1. The van der Waals surface area contributed by atoms with Gasteiger partial charge in [0, 0.05) is 56.0 Å². The van der Waals surface area contributed by atoms with Gasteiger partial charge in [0.25, 0.3) is 0 Å². The number of hydrogen-bond acceptors (Lipinski definition) is 6. The number of ether oxygens (including phenoxy) is 1. The molecule has 2 fully saturated rings. The first-order chi connectivity index (χ1) is 18.4. The van der Waals surface area contributed by atoms with Gasteiger partial charge in [0.15, 0.2) is 5.78 Å². The molecular formula is C30H34N4O4. The number of ketones is 1. The average Bonchev–Trinajstić information content (AvgIpc) is 3.61. The summed E-state index contributed by atoms with van der Waals surface area (Å²) in [6.45, 7) is 1.27. The van der Waals surface area contributed by atoms with E-state index in [1.54, 1.807) is 31.5 Å². The van der Waals surface area contributed by atoms with Crippen LogP contribution in [0.3, 0.4) is 0 Å². The maximum absolute atomic E-state index is 13.2. The van der Waals surface area contributed by atoms with E-state index in [1.165, 1.54) is 0 Å². The van der Waals surface area contributed by atoms with Crippen LogP contribution in [0.4, 0.5) is 0 Å². The summed E-state index contributed by atoms with van der Waals surface area (Å²) >= 11 is 0. The smallest absolute Gasteiger partial charge is 0.225 e. The Morgan fingerprint density at radius 1 is 1.16 bits per heavy atom. The molecule has 1 aliphatic heterocycles. The molecule has 38 heavy (non-hydrogen) atoms. The van der Waals surface area contributed by atoms with Crippen molar-refractivity contribution in [2.45, 2.75) is 57.5 Å². The monoisotopic (exact) mass is 514 g/mol. The molecule has 0 radical (unpaired) electrons. The molecule has 8 nitrogen and oxygen atoms in total. The predicted octanol–water partition coefficient (Wildman–Crippen LogP) is 4.27. The minimum atomic E-state index is -0.245. The number of rotatable bonds is 7. The first kappa shape index (κ1) is 25.9. The van der Waals surface area contributed by atoms with Crippen LogP contribution >= 0.6 is 0 Å². The Morgan fingerprint density at radius 2 is 1.89 bits per heavy atom. The second-order valence-electron chi connectivity index (χ2n) is 10.6. The Bertz CT molecular complexity index is 1410. The normalized spacial score (nSPS) is 16.6. The summed E-state index contributed by atoms with van der Waals surface area (Å²) in [5, 5.41) is 19.8. The van der Waals surface area contributed by atoms with E-state index in [2.05, 4.69) is 17.3 Å². The summed E-state index contributed by atoms with van der Waals surface area (Å²) < 4.78 is 7.89. The van der Waals surface area contributed by atoms with Crippen LogP contribution in [0, 0.1) is 17.2 Å². The standard InChI is InChI=1S/C30H34N4O4/c1-33-17-25(21-7-9-34(10-8-21)30(37)22-5-3-4-6-22)27-28(38-2)24(16-32-29(27)33)14-26(36)23-12-19(15-31)11-20(13-23)18-35/h11-13,16-17,21-22,35H,3-10,14,18H2,1-2H3. The molecule has 1 N–H and O–H groups in total. The SMILES string of the molecule is COc1c(CC(=O)c2cc(C#N)cc(CO)c2)cnc2c1c(C1CCN(C(=O)C3CCCC3)CC1)cn2C. The van der Waals surface area contributed by atoms with Gasteiger partial charge in [-0.2, -0.15) is 5.26 Å². The number of hydrogen-bond donors (Lipinski definition) is 1. The number of amides is 1. The molecule has 2 aromatic heterocycles. The molecule has 0 unspecified atom stereocenters. The Labute approximate surface area is 222 Å². The fourth-order valence-corrected chi connectivity index (χ4v) is 6.18. The van der Waals surface area contributed by atoms with Crippen LogP contribution in [0.2, 0.25) is 0 Å². The Morgan fingerprint density at radius 3 is 2.55 bits per heavy atom. The molecule has 1 saturated heterocycles. The van der Waals surface area contributed by atoms with Crippen LogP contribution in [0.25, 0.3) is 11.0 Å². The third-order valence-corrected chi connectivity index (χ3v) is 8.17. The number of aliphatic hydroxyl groups is 1. The van der Waals surface area contributed by atoms with Gasteiger partial charge in [-0.05, 0) is 60.9 Å². The zero-order valence-corrected chi connectivity index (χ0v) is 22.1. The lowest BCUT2D eigenvalue weighted by Gasteiger charge is -2.33. The largest absolute Gasteiger partial charge is 0.496 e. The topological polar surface area (TPSA) is 108 Å². The highest BCUT2D eigenvalue weighted by atomic mass is 16.5. The summed E-state index contributed by atoms with van der Waals surface area (Å²) in [4.78, 5) is 32.9. The molecular weight excluding hydrogens is 480 g/mol. The number of aliphatic hydroxyl groups excluding tert-OH is 1. The summed E-state index contributed by atoms with van der Waals surface area (Å²) in [7, 11) is 3.58. The van der Waals surface area contributed by atoms with E-state index in [0.29, 0.717) is 33.9 Å². The van der Waals surface area contributed by atoms with Gasteiger partial charge in [0.2, 0.25) is 5.91 Å². The van der Waals surface area contributed by atoms with E-state index in [4.69, 9.17) is 4.74 Å². The van der Waals surface area contributed by atoms with Crippen molar-refractivity contribution in [2.24, 2.45) is 13.0 Å². The molecule has 8 heteroatoms. The van der Waals surface area contributed by atoms with Gasteiger partial charge in [-0.1, -0.05) is 12.8 Å². The number of carbonyl (C=O) groups is 2. The van der Waals surface area contributed by atoms with Gasteiger partial charge < -0.3 is 19.3 Å². The van der Waals surface area contributed by atoms with Gasteiger partial charge in [-0.15, -0.1) is 0 Å². The Balaban J connectivity index is 1.41. The predicted molar refractivity (Wildman–Crippen MR) is 143 cm³/mol. The van der Waals surface area contributed by atoms with Crippen LogP contribution in [0.15, 0.2) is 30.6 Å². The minimum Gasteiger partial charge on any atom is -0.496 e. The average molecular weight is 515 g/mol. The van der Waals surface area contributed by atoms with Gasteiger partial charge >= 0.3 is 0 Å². The van der Waals surface area contributed by atoms with Crippen molar-refractivity contribution in [3.63, 3.8) is 0 Å². The lowest BCUT2D eigenvalue weighted by Crippen LogP contribution is -2.40. The highest BCUT2D eigenvalue weighted by molar-refractivity contribution is 5.99. The second kappa shape index (κ2) is 11.0. The van der Waals surface area contributed by atoms with Crippen LogP contribution in [-0.4, -0.2) is 51.4 Å². The maximum Gasteiger partial charge on any atom is 0.225 e. The number of pyridine rings is 1. The van der Waals surface area contributed by atoms with E-state index in [-0.39, 0.29) is 30.6 Å². The van der Waals surface area contributed by atoms with Crippen molar-refractivity contribution in [2.75, 3.05) is 20.2 Å². The molecule has 198 valence electrons. The number of benzene rings is 1. The number of methoxy groups -OCH3 is 1. The first-order valence-corrected chi connectivity index (χ1v) is 13.4. The summed E-state index contributed by atoms with van der Waals surface area (Å²) in [6, 6.07) is 6.80. The summed E-state index contributed by atoms with van der Waals surface area (Å²) in [5.74, 6) is 1.27. The van der Waals surface area contributed by atoms with Crippen LogP contribution in [0.1, 0.15) is 77.1 Å². The zero-order valence-electron chi connectivity index (χ0n) is 22.1. The third kappa shape index (κ3) is 4.91. The van der Waals surface area contributed by atoms with Crippen molar-refractivity contribution in [3.05, 3.63) is 58.4 Å². The number of likely N-dealkylation sites (tertiary alicyclic amines) is 1. The molecule has 0 bridgehead atoms. The van der Waals surface area contributed by atoms with E-state index >= 15 is 0 Å². The quantitative estimate of drug-likeness (QED) is 0.472. The number of fused-ring (bicyclic) bond motifs is 1. The van der Waals surface area contributed by atoms with Crippen LogP contribution in [0.5, 0.6) is 5.75 Å². The fourth-order valence-electron chi connectivity index (χ4n) is 6.18. The number of piperidine rings is 1. The molecule has 2 aliphatic rings. The third-order valence-electron chi connectivity index (χ3n) is 8.17. The number of nitrogens with zero attached hydrogens (tertiary/aromatic N) is 4. The van der Waals surface area contributed by atoms with E-state index in [0.717, 1.165) is 68.2 Å². The van der Waals surface area contributed by atoms with Crippen molar-refractivity contribution >= 4 is 22.7 Å². The molecule has 0 atom stereocenters. The molecule has 1 aliphatic carbocycles. The second-order valence-corrected chi connectivity index (χ2v) is 10.6. The van der Waals surface area contributed by atoms with Crippen molar-refractivity contribution in [3.8, 4) is 11.8 Å². The Hall–Kier alpha value is -3.70. The molecule has 1 aromatic carbocycles. The Kier molecular flexibility index (Phi) is 7.48. The van der Waals surface area contributed by atoms with E-state index in [9.17, 15) is 20.0 Å². The number of Topliss-reactive ketones (excluding diaryl/α,β-unsaturated/α-hetero) is 1. The number of aryl methyl sites for hydroxylation is 1. The molecule has 0 spiro atoms. The van der Waals surface area contributed by atoms with Crippen molar-refractivity contribution in [1.82, 2.24) is 14.5 Å². The molecule has 3 heterocycles. The number of aromatic nitrogens is 2. The van der Waals surface area contributed by atoms with Gasteiger partial charge in [-0.25, -0.2) is 4.98 Å². The summed E-state index contributed by atoms with van der Waals surface area (Å²) in [6.07, 6.45) is 9.99. The lowest BCUT2D eigenvalue weighted by molar-refractivity contribution is -0.136. The number of carbonyl (C=O) groups excluding carboxylic acids is 2. The van der Waals surface area contributed by atoms with Crippen LogP contribution in [-0.2, 0) is 24.9 Å². The van der Waals surface area contributed by atoms with Crippen molar-refractivity contribution in [1.29, 1.82) is 5.26 Å². The maximum atomic E-state index is 13.2. The lowest BCUT2D eigenvalue weighted by atomic mass is 9.88. The van der Waals surface area contributed by atoms with E-state index < -0.39 is 0 Å². The van der Waals surface area contributed by atoms with Gasteiger partial charge in [-0.3, -0.25) is 9.59 Å². The highest BCUT2D eigenvalue weighted by Crippen LogP contribution is 2.40. The van der Waals surface area contributed by atoms with Crippen LogP contribution < -0.4 is 4.74 Å². The molecule has 3 aromatic rings. The minimum absolute atomic E-state index is 0.0640. The summed E-state index contributed by atoms with van der Waals surface area (Å²) in [5.41, 5.74) is 3.86. The van der Waals surface area contributed by atoms with E-state index in [1.807, 2.05) is 16.5 Å². The fraction of sp³-hybridized carbons (Fsp3) is 0.467. The van der Waals surface area contributed by atoms with Gasteiger partial charge in [0.1, 0.15) is 11.4 Å². The molecule has 1 saturated carbocycles. The van der Waals surface area contributed by atoms with Crippen molar-refractivity contribution < 1.29 is 19.4 Å². The zero-order chi connectivity index (χ0) is 26.8. The first-order valence-electron chi connectivity index (χ1n) is 13.4. The molecule has 1 amide bonds.